The third kappa shape index (κ3) is 9.51. The zero-order valence-electron chi connectivity index (χ0n) is 32.9. The van der Waals surface area contributed by atoms with Gasteiger partial charge in [0.05, 0.1) is 47.6 Å². The summed E-state index contributed by atoms with van der Waals surface area (Å²) in [5.41, 5.74) is -4.84. The number of esters is 1. The number of rotatable bonds is 7. The van der Waals surface area contributed by atoms with Gasteiger partial charge in [0, 0.05) is 37.3 Å². The van der Waals surface area contributed by atoms with Crippen LogP contribution in [0.25, 0.3) is 0 Å². The van der Waals surface area contributed by atoms with E-state index in [9.17, 15) is 35.1 Å². The SMILES string of the molecule is CC[C@H]1OC(=O)[C@H](C)C(OC2C[C@@](C)(OC)C(O)[C@H](C)O2)[C@H](C)C(OC2O[C@H](C)CC(N(C)C)C2O)[C@](C)(O)CC(C)C(=O)C(C)C(O)C1(C)O. The molecule has 0 amide bonds. The van der Waals surface area contributed by atoms with Crippen LogP contribution >= 0.6 is 0 Å². The van der Waals surface area contributed by atoms with Crippen molar-refractivity contribution in [3.8, 4) is 0 Å². The highest BCUT2D eigenvalue weighted by Crippen LogP contribution is 2.40. The molecular weight excluding hydrogens is 666 g/mol. The number of cyclic esters (lactones) is 1. The molecule has 0 aromatic rings. The molecule has 3 fully saturated rings. The summed E-state index contributed by atoms with van der Waals surface area (Å²) in [5, 5.41) is 57.6. The average Bonchev–Trinajstić information content (AvgIpc) is 3.05. The first-order chi connectivity index (χ1) is 23.4. The van der Waals surface area contributed by atoms with Crippen LogP contribution in [-0.4, -0.2) is 148 Å². The number of ketones is 1. The fourth-order valence-corrected chi connectivity index (χ4v) is 8.41. The lowest BCUT2D eigenvalue weighted by Crippen LogP contribution is -2.61. The third-order valence-electron chi connectivity index (χ3n) is 11.8. The van der Waals surface area contributed by atoms with Crippen molar-refractivity contribution in [3.05, 3.63) is 0 Å². The number of carbonyl (C=O) groups is 2. The number of likely N-dealkylation sites (N-methyl/N-ethyl adjacent to an activating group) is 1. The molecule has 0 radical (unpaired) electrons. The molecule has 5 N–H and O–H groups in total. The van der Waals surface area contributed by atoms with Gasteiger partial charge in [0.15, 0.2) is 12.6 Å². The van der Waals surface area contributed by atoms with E-state index in [0.717, 1.165) is 0 Å². The molecule has 3 rings (SSSR count). The molecule has 0 saturated carbocycles. The van der Waals surface area contributed by atoms with Gasteiger partial charge >= 0.3 is 5.97 Å². The quantitative estimate of drug-likeness (QED) is 0.238. The van der Waals surface area contributed by atoms with Crippen LogP contribution in [-0.2, 0) is 38.0 Å². The van der Waals surface area contributed by atoms with E-state index >= 15 is 0 Å². The Hall–Kier alpha value is -1.30. The molecule has 18 atom stereocenters. The molecule has 298 valence electrons. The second-order valence-electron chi connectivity index (χ2n) is 16.5. The summed E-state index contributed by atoms with van der Waals surface area (Å²) in [7, 11) is 5.18. The van der Waals surface area contributed by atoms with Crippen molar-refractivity contribution in [1.29, 1.82) is 0 Å². The van der Waals surface area contributed by atoms with Crippen molar-refractivity contribution in [3.63, 3.8) is 0 Å². The summed E-state index contributed by atoms with van der Waals surface area (Å²) in [6.07, 6.45) is -9.71. The molecule has 11 unspecified atom stereocenters. The van der Waals surface area contributed by atoms with E-state index in [1.807, 2.05) is 25.9 Å². The molecule has 0 aromatic heterocycles. The normalized spacial score (nSPS) is 49.7. The monoisotopic (exact) mass is 733 g/mol. The van der Waals surface area contributed by atoms with E-state index in [1.165, 1.54) is 27.9 Å². The fourth-order valence-electron chi connectivity index (χ4n) is 8.41. The second kappa shape index (κ2) is 17.0. The predicted octanol–water partition coefficient (Wildman–Crippen LogP) is 1.79. The molecular formula is C37H67NO13. The van der Waals surface area contributed by atoms with Crippen molar-refractivity contribution in [2.75, 3.05) is 21.2 Å². The Labute approximate surface area is 304 Å². The lowest BCUT2D eigenvalue weighted by Gasteiger charge is -2.49. The number of carbonyl (C=O) groups excluding carboxylic acids is 2. The predicted molar refractivity (Wildman–Crippen MR) is 186 cm³/mol. The summed E-state index contributed by atoms with van der Waals surface area (Å²) in [4.78, 5) is 29.8. The number of hydrogen-bond donors (Lipinski definition) is 5. The van der Waals surface area contributed by atoms with E-state index in [-0.39, 0.29) is 31.4 Å². The first-order valence-corrected chi connectivity index (χ1v) is 18.5. The standard InChI is InChI=1S/C37H67NO13/c1-14-25-37(10,45)30(41)20(4)27(39)18(2)16-35(8,44)32(51-34-28(40)24(38(11)12)15-19(3)47-34)21(5)29(22(6)33(43)49-25)50-26-17-36(9,46-13)31(42)23(7)48-26/h18-26,28-32,34,40-42,44-45H,14-17H2,1-13H3/t18?,19-,20?,21+,22-,23+,24?,25-,26?,28?,29?,30?,31?,32?,34?,35-,36-,37?/m1/s1. The summed E-state index contributed by atoms with van der Waals surface area (Å²) in [5.74, 6) is -4.98. The summed E-state index contributed by atoms with van der Waals surface area (Å²) >= 11 is 0. The number of Topliss-reactive ketones (excluding diaryl/α,β-unsaturated/α-hetero) is 1. The van der Waals surface area contributed by atoms with E-state index in [2.05, 4.69) is 0 Å². The average molecular weight is 734 g/mol. The van der Waals surface area contributed by atoms with Gasteiger partial charge in [-0.15, -0.1) is 0 Å². The number of aliphatic hydroxyl groups excluding tert-OH is 3. The van der Waals surface area contributed by atoms with Crippen molar-refractivity contribution in [2.24, 2.45) is 23.7 Å². The van der Waals surface area contributed by atoms with Crippen molar-refractivity contribution < 1.29 is 63.5 Å². The van der Waals surface area contributed by atoms with Crippen LogP contribution in [0.5, 0.6) is 0 Å². The van der Waals surface area contributed by atoms with E-state index < -0.39 is 108 Å². The highest BCUT2D eigenvalue weighted by molar-refractivity contribution is 5.83. The van der Waals surface area contributed by atoms with Crippen molar-refractivity contribution >= 4 is 11.8 Å². The van der Waals surface area contributed by atoms with Gasteiger partial charge in [-0.3, -0.25) is 9.59 Å². The summed E-state index contributed by atoms with van der Waals surface area (Å²) in [6, 6.07) is -0.324. The van der Waals surface area contributed by atoms with Crippen LogP contribution in [0.15, 0.2) is 0 Å². The molecule has 3 saturated heterocycles. The molecule has 3 heterocycles. The van der Waals surface area contributed by atoms with Crippen molar-refractivity contribution in [1.82, 2.24) is 4.90 Å². The highest BCUT2D eigenvalue weighted by Gasteiger charge is 2.53. The zero-order chi connectivity index (χ0) is 39.0. The Morgan fingerprint density at radius 2 is 1.49 bits per heavy atom. The summed E-state index contributed by atoms with van der Waals surface area (Å²) < 4.78 is 37.1. The van der Waals surface area contributed by atoms with Gasteiger partial charge in [-0.25, -0.2) is 0 Å². The molecule has 0 aliphatic carbocycles. The maximum atomic E-state index is 14.1. The smallest absolute Gasteiger partial charge is 0.311 e. The van der Waals surface area contributed by atoms with E-state index in [0.29, 0.717) is 6.42 Å². The van der Waals surface area contributed by atoms with E-state index in [1.54, 1.807) is 41.5 Å². The highest BCUT2D eigenvalue weighted by atomic mass is 16.7. The van der Waals surface area contributed by atoms with Crippen LogP contribution in [0.2, 0.25) is 0 Å². The van der Waals surface area contributed by atoms with Gasteiger partial charge in [0.2, 0.25) is 0 Å². The molecule has 3 aliphatic heterocycles. The maximum Gasteiger partial charge on any atom is 0.311 e. The number of hydrogen-bond acceptors (Lipinski definition) is 14. The Bertz CT molecular complexity index is 1170. The Kier molecular flexibility index (Phi) is 14.7. The number of ether oxygens (including phenoxy) is 6. The molecule has 0 spiro atoms. The molecule has 14 nitrogen and oxygen atoms in total. The lowest BCUT2D eigenvalue weighted by molar-refractivity contribution is -0.318. The van der Waals surface area contributed by atoms with Gasteiger partial charge in [-0.05, 0) is 74.9 Å². The van der Waals surface area contributed by atoms with Gasteiger partial charge in [-0.1, -0.05) is 27.7 Å². The molecule has 3 aliphatic rings. The molecule has 51 heavy (non-hydrogen) atoms. The number of aliphatic hydroxyl groups is 5. The van der Waals surface area contributed by atoms with Crippen molar-refractivity contribution in [2.45, 2.75) is 179 Å². The Balaban J connectivity index is 2.18. The minimum atomic E-state index is -1.99. The maximum absolute atomic E-state index is 14.1. The molecule has 0 bridgehead atoms. The first kappa shape index (κ1) is 44.1. The van der Waals surface area contributed by atoms with E-state index in [4.69, 9.17) is 28.4 Å². The van der Waals surface area contributed by atoms with Gasteiger partial charge in [-0.2, -0.15) is 0 Å². The minimum Gasteiger partial charge on any atom is -0.459 e. The van der Waals surface area contributed by atoms with Crippen LogP contribution in [0.4, 0.5) is 0 Å². The van der Waals surface area contributed by atoms with Crippen LogP contribution in [0.3, 0.4) is 0 Å². The zero-order valence-corrected chi connectivity index (χ0v) is 32.9. The van der Waals surface area contributed by atoms with Gasteiger partial charge < -0.3 is 58.9 Å². The first-order valence-electron chi connectivity index (χ1n) is 18.5. The van der Waals surface area contributed by atoms with Crippen LogP contribution in [0.1, 0.15) is 94.9 Å². The molecule has 0 aromatic carbocycles. The third-order valence-corrected chi connectivity index (χ3v) is 11.8. The summed E-state index contributed by atoms with van der Waals surface area (Å²) in [6.45, 7) is 16.3. The van der Waals surface area contributed by atoms with Crippen LogP contribution in [0, 0.1) is 23.7 Å². The largest absolute Gasteiger partial charge is 0.459 e. The topological polar surface area (TPSA) is 194 Å². The minimum absolute atomic E-state index is 0.0936. The number of methoxy groups -OCH3 is 1. The lowest BCUT2D eigenvalue weighted by atomic mass is 9.74. The second-order valence-corrected chi connectivity index (χ2v) is 16.5. The Morgan fingerprint density at radius 1 is 0.882 bits per heavy atom. The van der Waals surface area contributed by atoms with Crippen LogP contribution < -0.4 is 0 Å². The van der Waals surface area contributed by atoms with Gasteiger partial charge in [0.25, 0.3) is 0 Å². The molecule has 14 heteroatoms. The number of nitrogens with zero attached hydrogens (tertiary/aromatic N) is 1. The Morgan fingerprint density at radius 3 is 2.04 bits per heavy atom. The van der Waals surface area contributed by atoms with Gasteiger partial charge in [0.1, 0.15) is 29.7 Å². The fraction of sp³-hybridized carbons (Fsp3) is 0.946.